The molecule has 0 aromatic heterocycles. The van der Waals surface area contributed by atoms with Crippen LogP contribution in [0, 0.1) is 6.92 Å². The van der Waals surface area contributed by atoms with Gasteiger partial charge in [-0.15, -0.1) is 0 Å². The molecule has 0 aliphatic rings. The smallest absolute Gasteiger partial charge is 0.210 e. The minimum atomic E-state index is -3.41. The Balaban J connectivity index is 2.93. The van der Waals surface area contributed by atoms with Gasteiger partial charge in [-0.1, -0.05) is 28.9 Å². The van der Waals surface area contributed by atoms with Gasteiger partial charge in [0, 0.05) is 16.3 Å². The molecule has 0 bridgehead atoms. The van der Waals surface area contributed by atoms with Crippen LogP contribution in [0.5, 0.6) is 0 Å². The SMILES string of the molecule is CSC(C)CNS(=O)(=O)c1cc(Br)ccc1C. The first-order valence-corrected chi connectivity index (χ1v) is 8.72. The molecule has 1 unspecified atom stereocenters. The van der Waals surface area contributed by atoms with Gasteiger partial charge in [0.2, 0.25) is 10.0 Å². The van der Waals surface area contributed by atoms with Gasteiger partial charge < -0.3 is 0 Å². The van der Waals surface area contributed by atoms with E-state index in [2.05, 4.69) is 20.7 Å². The molecule has 0 amide bonds. The molecule has 0 radical (unpaired) electrons. The number of benzene rings is 1. The second-order valence-electron chi connectivity index (χ2n) is 3.81. The van der Waals surface area contributed by atoms with E-state index in [1.807, 2.05) is 19.2 Å². The molecule has 1 rings (SSSR count). The van der Waals surface area contributed by atoms with Crippen molar-refractivity contribution >= 4 is 37.7 Å². The van der Waals surface area contributed by atoms with E-state index in [1.54, 1.807) is 30.8 Å². The quantitative estimate of drug-likeness (QED) is 0.898. The third-order valence-corrected chi connectivity index (χ3v) is 5.43. The van der Waals surface area contributed by atoms with E-state index in [0.29, 0.717) is 11.4 Å². The normalized spacial score (nSPS) is 13.6. The highest BCUT2D eigenvalue weighted by Gasteiger charge is 2.17. The topological polar surface area (TPSA) is 46.2 Å². The Hall–Kier alpha value is -0.0400. The third-order valence-electron chi connectivity index (χ3n) is 2.40. The van der Waals surface area contributed by atoms with Crippen molar-refractivity contribution < 1.29 is 8.42 Å². The summed E-state index contributed by atoms with van der Waals surface area (Å²) in [5, 5.41) is 0.261. The summed E-state index contributed by atoms with van der Waals surface area (Å²) in [6, 6.07) is 5.25. The summed E-state index contributed by atoms with van der Waals surface area (Å²) >= 11 is 4.92. The van der Waals surface area contributed by atoms with Crippen molar-refractivity contribution in [3.05, 3.63) is 28.2 Å². The number of aryl methyl sites for hydroxylation is 1. The summed E-state index contributed by atoms with van der Waals surface area (Å²) < 4.78 is 27.6. The summed E-state index contributed by atoms with van der Waals surface area (Å²) in [6.07, 6.45) is 1.96. The van der Waals surface area contributed by atoms with Gasteiger partial charge in [0.15, 0.2) is 0 Å². The van der Waals surface area contributed by atoms with Crippen molar-refractivity contribution in [3.8, 4) is 0 Å². The van der Waals surface area contributed by atoms with Crippen molar-refractivity contribution in [1.29, 1.82) is 0 Å². The van der Waals surface area contributed by atoms with E-state index in [1.165, 1.54) is 0 Å². The first kappa shape index (κ1) is 15.0. The molecule has 1 N–H and O–H groups in total. The standard InChI is InChI=1S/C11H16BrNO2S2/c1-8-4-5-10(12)6-11(8)17(14,15)13-7-9(2)16-3/h4-6,9,13H,7H2,1-3H3. The fourth-order valence-electron chi connectivity index (χ4n) is 1.25. The zero-order valence-corrected chi connectivity index (χ0v) is 13.2. The molecule has 1 atom stereocenters. The zero-order valence-electron chi connectivity index (χ0n) is 10.0. The van der Waals surface area contributed by atoms with E-state index in [0.717, 1.165) is 10.0 Å². The van der Waals surface area contributed by atoms with Crippen LogP contribution in [0.1, 0.15) is 12.5 Å². The molecule has 0 fully saturated rings. The summed E-state index contributed by atoms with van der Waals surface area (Å²) in [5.74, 6) is 0. The van der Waals surface area contributed by atoms with Gasteiger partial charge in [0.1, 0.15) is 0 Å². The largest absolute Gasteiger partial charge is 0.240 e. The van der Waals surface area contributed by atoms with Gasteiger partial charge in [-0.2, -0.15) is 11.8 Å². The number of rotatable bonds is 5. The first-order chi connectivity index (χ1) is 7.86. The summed E-state index contributed by atoms with van der Waals surface area (Å²) in [6.45, 7) is 4.22. The Morgan fingerprint density at radius 2 is 2.12 bits per heavy atom. The van der Waals surface area contributed by atoms with Crippen molar-refractivity contribution in [1.82, 2.24) is 4.72 Å². The van der Waals surface area contributed by atoms with Gasteiger partial charge in [0.05, 0.1) is 4.90 Å². The molecule has 0 saturated carbocycles. The van der Waals surface area contributed by atoms with Crippen LogP contribution < -0.4 is 4.72 Å². The first-order valence-electron chi connectivity index (χ1n) is 5.15. The van der Waals surface area contributed by atoms with Crippen LogP contribution in [-0.2, 0) is 10.0 Å². The lowest BCUT2D eigenvalue weighted by molar-refractivity contribution is 0.581. The fourth-order valence-corrected chi connectivity index (χ4v) is 3.52. The lowest BCUT2D eigenvalue weighted by atomic mass is 10.2. The number of nitrogens with one attached hydrogen (secondary N) is 1. The number of sulfonamides is 1. The second-order valence-corrected chi connectivity index (χ2v) is 7.74. The fraction of sp³-hybridized carbons (Fsp3) is 0.455. The van der Waals surface area contributed by atoms with E-state index in [9.17, 15) is 8.42 Å². The minimum absolute atomic E-state index is 0.261. The lowest BCUT2D eigenvalue weighted by Crippen LogP contribution is -2.29. The predicted molar refractivity (Wildman–Crippen MR) is 77.0 cm³/mol. The average Bonchev–Trinajstić information content (AvgIpc) is 2.29. The Morgan fingerprint density at radius 3 is 2.71 bits per heavy atom. The molecule has 0 spiro atoms. The molecular formula is C11H16BrNO2S2. The molecule has 96 valence electrons. The zero-order chi connectivity index (χ0) is 13.1. The van der Waals surface area contributed by atoms with E-state index in [4.69, 9.17) is 0 Å². The van der Waals surface area contributed by atoms with Crippen LogP contribution in [0.4, 0.5) is 0 Å². The predicted octanol–water partition coefficient (Wildman–Crippen LogP) is 2.79. The molecule has 1 aromatic rings. The number of thioether (sulfide) groups is 1. The Bertz CT molecular complexity index is 488. The molecule has 6 heteroatoms. The second kappa shape index (κ2) is 6.22. The van der Waals surface area contributed by atoms with Crippen LogP contribution in [0.15, 0.2) is 27.6 Å². The highest BCUT2D eigenvalue weighted by Crippen LogP contribution is 2.20. The van der Waals surface area contributed by atoms with Gasteiger partial charge in [0.25, 0.3) is 0 Å². The van der Waals surface area contributed by atoms with Crippen LogP contribution in [0.3, 0.4) is 0 Å². The monoisotopic (exact) mass is 337 g/mol. The molecule has 17 heavy (non-hydrogen) atoms. The minimum Gasteiger partial charge on any atom is -0.210 e. The van der Waals surface area contributed by atoms with Crippen molar-refractivity contribution in [2.24, 2.45) is 0 Å². The van der Waals surface area contributed by atoms with Crippen LogP contribution in [0.25, 0.3) is 0 Å². The van der Waals surface area contributed by atoms with Crippen molar-refractivity contribution in [2.75, 3.05) is 12.8 Å². The number of halogens is 1. The summed E-state index contributed by atoms with van der Waals surface area (Å²) in [4.78, 5) is 0.333. The number of hydrogen-bond acceptors (Lipinski definition) is 3. The van der Waals surface area contributed by atoms with E-state index >= 15 is 0 Å². The van der Waals surface area contributed by atoms with Gasteiger partial charge >= 0.3 is 0 Å². The summed E-state index contributed by atoms with van der Waals surface area (Å²) in [7, 11) is -3.41. The summed E-state index contributed by atoms with van der Waals surface area (Å²) in [5.41, 5.74) is 0.748. The lowest BCUT2D eigenvalue weighted by Gasteiger charge is -2.12. The van der Waals surface area contributed by atoms with E-state index < -0.39 is 10.0 Å². The van der Waals surface area contributed by atoms with Crippen molar-refractivity contribution in [3.63, 3.8) is 0 Å². The third kappa shape index (κ3) is 4.28. The average molecular weight is 338 g/mol. The van der Waals surface area contributed by atoms with E-state index in [-0.39, 0.29) is 5.25 Å². The molecule has 0 saturated heterocycles. The van der Waals surface area contributed by atoms with Gasteiger partial charge in [-0.3, -0.25) is 0 Å². The molecule has 1 aromatic carbocycles. The van der Waals surface area contributed by atoms with Gasteiger partial charge in [-0.05, 0) is 30.9 Å². The maximum absolute atomic E-state index is 12.1. The van der Waals surface area contributed by atoms with Crippen LogP contribution in [-0.4, -0.2) is 26.5 Å². The molecule has 0 aliphatic heterocycles. The molecular weight excluding hydrogens is 322 g/mol. The maximum Gasteiger partial charge on any atom is 0.240 e. The Kier molecular flexibility index (Phi) is 5.50. The molecule has 0 heterocycles. The van der Waals surface area contributed by atoms with Crippen molar-refractivity contribution in [2.45, 2.75) is 24.0 Å². The highest BCUT2D eigenvalue weighted by molar-refractivity contribution is 9.10. The highest BCUT2D eigenvalue weighted by atomic mass is 79.9. The van der Waals surface area contributed by atoms with Crippen LogP contribution >= 0.6 is 27.7 Å². The molecule has 3 nitrogen and oxygen atoms in total. The number of hydrogen-bond donors (Lipinski definition) is 1. The van der Waals surface area contributed by atoms with Crippen LogP contribution in [0.2, 0.25) is 0 Å². The van der Waals surface area contributed by atoms with Gasteiger partial charge in [-0.25, -0.2) is 13.1 Å². The Morgan fingerprint density at radius 1 is 1.47 bits per heavy atom. The maximum atomic E-state index is 12.1. The molecule has 0 aliphatic carbocycles. The Labute approximate surface area is 116 Å².